The summed E-state index contributed by atoms with van der Waals surface area (Å²) in [5.41, 5.74) is -2.63. The van der Waals surface area contributed by atoms with Crippen LogP contribution in [0.15, 0.2) is 21.9 Å². The van der Waals surface area contributed by atoms with Crippen LogP contribution in [0.1, 0.15) is 6.23 Å². The normalized spacial score (nSPS) is 23.5. The number of hydrogen-bond donors (Lipinski definition) is 3. The fourth-order valence-corrected chi connectivity index (χ4v) is 3.77. The van der Waals surface area contributed by atoms with E-state index < -0.39 is 109 Å². The van der Waals surface area contributed by atoms with Gasteiger partial charge in [-0.15, -0.1) is 0 Å². The highest BCUT2D eigenvalue weighted by Gasteiger charge is 2.97. The molecule has 1 fully saturated rings. The van der Waals surface area contributed by atoms with Crippen molar-refractivity contribution in [2.45, 2.75) is 84.3 Å². The predicted octanol–water partition coefficient (Wildman–Crippen LogP) is 4.16. The Labute approximate surface area is 248 Å². The molecule has 0 spiro atoms. The van der Waals surface area contributed by atoms with Crippen molar-refractivity contribution in [2.24, 2.45) is 0 Å². The Hall–Kier alpha value is -2.88. The highest BCUT2D eigenvalue weighted by Crippen LogP contribution is 2.65. The van der Waals surface area contributed by atoms with Gasteiger partial charge in [-0.25, -0.2) is 9.18 Å². The third-order valence-electron chi connectivity index (χ3n) is 6.59. The zero-order valence-corrected chi connectivity index (χ0v) is 22.0. The first-order valence-electron chi connectivity index (χ1n) is 11.8. The van der Waals surface area contributed by atoms with E-state index in [1.54, 1.807) is 0 Å². The highest BCUT2D eigenvalue weighted by molar-refractivity contribution is 5.17. The molecule has 0 bridgehead atoms. The molecular weight excluding hydrogens is 744 g/mol. The molecular formula is C20H14F20N2O6. The van der Waals surface area contributed by atoms with E-state index in [9.17, 15) is 108 Å². The number of aliphatic hydroxyl groups excluding tert-OH is 2. The fourth-order valence-electron chi connectivity index (χ4n) is 3.77. The van der Waals surface area contributed by atoms with Crippen molar-refractivity contribution in [3.63, 3.8) is 0 Å². The number of halogens is 20. The first-order valence-corrected chi connectivity index (χ1v) is 11.8. The zero-order valence-electron chi connectivity index (χ0n) is 22.0. The molecule has 0 aliphatic carbocycles. The van der Waals surface area contributed by atoms with Crippen molar-refractivity contribution >= 4 is 0 Å². The second-order valence-electron chi connectivity index (χ2n) is 9.66. The summed E-state index contributed by atoms with van der Waals surface area (Å²) in [5, 5.41) is 19.2. The van der Waals surface area contributed by atoms with Gasteiger partial charge in [0.05, 0.1) is 13.2 Å². The molecule has 3 unspecified atom stereocenters. The molecule has 0 aromatic carbocycles. The van der Waals surface area contributed by atoms with Gasteiger partial charge in [-0.05, 0) is 0 Å². The van der Waals surface area contributed by atoms with Crippen LogP contribution in [0.4, 0.5) is 87.8 Å². The lowest BCUT2D eigenvalue weighted by atomic mass is 9.86. The molecule has 0 amide bonds. The Morgan fingerprint density at radius 2 is 1.17 bits per heavy atom. The summed E-state index contributed by atoms with van der Waals surface area (Å²) in [6.45, 7) is -4.12. The number of hydrogen-bond acceptors (Lipinski definition) is 6. The maximum atomic E-state index is 14.3. The molecule has 8 nitrogen and oxygen atoms in total. The lowest BCUT2D eigenvalue weighted by molar-refractivity contribution is -0.470. The Morgan fingerprint density at radius 1 is 0.750 bits per heavy atom. The third kappa shape index (κ3) is 5.77. The largest absolute Gasteiger partial charge is 0.460 e. The van der Waals surface area contributed by atoms with Gasteiger partial charge in [0.25, 0.3) is 5.56 Å². The molecule has 280 valence electrons. The minimum Gasteiger partial charge on any atom is -0.394 e. The van der Waals surface area contributed by atoms with E-state index in [1.165, 1.54) is 4.98 Å². The van der Waals surface area contributed by atoms with Crippen LogP contribution in [-0.4, -0.2) is 111 Å². The summed E-state index contributed by atoms with van der Waals surface area (Å²) >= 11 is 0. The van der Waals surface area contributed by atoms with Crippen LogP contribution in [0.5, 0.6) is 0 Å². The number of alkyl halides is 20. The van der Waals surface area contributed by atoms with Gasteiger partial charge in [-0.1, -0.05) is 0 Å². The number of aromatic nitrogens is 2. The van der Waals surface area contributed by atoms with E-state index in [1.807, 2.05) is 0 Å². The van der Waals surface area contributed by atoms with Crippen LogP contribution in [0, 0.1) is 0 Å². The van der Waals surface area contributed by atoms with Crippen LogP contribution in [0.25, 0.3) is 0 Å². The van der Waals surface area contributed by atoms with Crippen molar-refractivity contribution in [3.05, 3.63) is 33.1 Å². The molecule has 3 N–H and O–H groups in total. The standard InChI is InChI=1S/C20H14F20N2O6/c21-6(4-47-9-8(45)5(3-43)48-10(9)42-2-1-7(44)41-11(42)46)12(22,23)13(24,25)14(26,27)15(28,29)16(30,31)17(32,33)18(34,35)19(36,37)20(38,39)40/h1-2,5-6,8-10,43,45H,3-4H2,(H,41,44,46)/t5-,6?,8?,9?,10-/m1/s1. The van der Waals surface area contributed by atoms with Gasteiger partial charge < -0.3 is 19.7 Å². The number of H-pyrrole nitrogens is 1. The van der Waals surface area contributed by atoms with Crippen LogP contribution >= 0.6 is 0 Å². The average Bonchev–Trinajstić information content (AvgIpc) is 3.24. The van der Waals surface area contributed by atoms with Gasteiger partial charge in [0.1, 0.15) is 18.3 Å². The Bertz CT molecular complexity index is 1430. The van der Waals surface area contributed by atoms with Gasteiger partial charge in [0.15, 0.2) is 12.4 Å². The van der Waals surface area contributed by atoms with Crippen molar-refractivity contribution in [1.82, 2.24) is 9.55 Å². The highest BCUT2D eigenvalue weighted by atomic mass is 19.4. The maximum Gasteiger partial charge on any atom is 0.460 e. The van der Waals surface area contributed by atoms with Crippen molar-refractivity contribution < 1.29 is 107 Å². The van der Waals surface area contributed by atoms with Gasteiger partial charge in [0, 0.05) is 12.3 Å². The molecule has 1 aromatic rings. The van der Waals surface area contributed by atoms with Gasteiger partial charge in [0.2, 0.25) is 0 Å². The molecule has 1 aliphatic rings. The van der Waals surface area contributed by atoms with Crippen molar-refractivity contribution in [1.29, 1.82) is 0 Å². The minimum absolute atomic E-state index is 0.194. The quantitative estimate of drug-likeness (QED) is 0.261. The summed E-state index contributed by atoms with van der Waals surface area (Å²) in [6, 6.07) is 0.523. The first-order chi connectivity index (χ1) is 21.1. The summed E-state index contributed by atoms with van der Waals surface area (Å²) in [6.07, 6.45) is -21.9. The summed E-state index contributed by atoms with van der Waals surface area (Å²) in [4.78, 5) is 24.7. The van der Waals surface area contributed by atoms with Gasteiger partial charge in [-0.2, -0.15) is 83.4 Å². The molecule has 1 saturated heterocycles. The Morgan fingerprint density at radius 3 is 1.56 bits per heavy atom. The van der Waals surface area contributed by atoms with Crippen molar-refractivity contribution in [2.75, 3.05) is 13.2 Å². The molecule has 2 rings (SSSR count). The maximum absolute atomic E-state index is 14.3. The Kier molecular flexibility index (Phi) is 10.5. The number of aliphatic hydroxyl groups is 2. The van der Waals surface area contributed by atoms with E-state index in [-0.39, 0.29) is 4.57 Å². The number of ether oxygens (including phenoxy) is 2. The second kappa shape index (κ2) is 12.2. The van der Waals surface area contributed by atoms with Gasteiger partial charge >= 0.3 is 59.2 Å². The average molecular weight is 758 g/mol. The topological polar surface area (TPSA) is 114 Å². The summed E-state index contributed by atoms with van der Waals surface area (Å²) in [5.74, 6) is -69.8. The van der Waals surface area contributed by atoms with Crippen LogP contribution in [0.2, 0.25) is 0 Å². The third-order valence-corrected chi connectivity index (χ3v) is 6.59. The van der Waals surface area contributed by atoms with Crippen LogP contribution < -0.4 is 11.2 Å². The molecule has 48 heavy (non-hydrogen) atoms. The number of nitrogens with one attached hydrogen (secondary N) is 1. The molecule has 28 heteroatoms. The predicted molar refractivity (Wildman–Crippen MR) is 109 cm³/mol. The smallest absolute Gasteiger partial charge is 0.394 e. The molecule has 2 heterocycles. The number of aromatic amines is 1. The number of rotatable bonds is 13. The SMILES string of the molecule is O=c1ccn([C@@H]2O[C@H](CO)C(O)C2OCC(F)C(F)(F)C(F)(F)C(F)(F)C(F)(F)C(F)(F)C(F)(F)C(F)(F)C(F)(F)C(F)(F)F)c(=O)[nH]1. The fraction of sp³-hybridized carbons (Fsp3) is 0.800. The monoisotopic (exact) mass is 758 g/mol. The van der Waals surface area contributed by atoms with Gasteiger partial charge in [-0.3, -0.25) is 14.3 Å². The number of nitrogens with zero attached hydrogens (tertiary/aromatic N) is 1. The molecule has 1 aromatic heterocycles. The summed E-state index contributed by atoms with van der Waals surface area (Å²) < 4.78 is 280. The first kappa shape index (κ1) is 41.3. The molecule has 0 radical (unpaired) electrons. The van der Waals surface area contributed by atoms with Crippen molar-refractivity contribution in [3.8, 4) is 0 Å². The molecule has 0 saturated carbocycles. The Balaban J connectivity index is 2.49. The van der Waals surface area contributed by atoms with Crippen LogP contribution in [-0.2, 0) is 9.47 Å². The van der Waals surface area contributed by atoms with Crippen LogP contribution in [0.3, 0.4) is 0 Å². The zero-order chi connectivity index (χ0) is 38.1. The molecule has 5 atom stereocenters. The molecule has 1 aliphatic heterocycles. The van der Waals surface area contributed by atoms with E-state index in [0.29, 0.717) is 12.3 Å². The van der Waals surface area contributed by atoms with E-state index >= 15 is 0 Å². The summed E-state index contributed by atoms with van der Waals surface area (Å²) in [7, 11) is 0. The van der Waals surface area contributed by atoms with E-state index in [0.717, 1.165) is 0 Å². The minimum atomic E-state index is -9.19. The van der Waals surface area contributed by atoms with E-state index in [2.05, 4.69) is 4.74 Å². The lowest BCUT2D eigenvalue weighted by Gasteiger charge is -2.44. The van der Waals surface area contributed by atoms with E-state index in [4.69, 9.17) is 4.74 Å². The lowest BCUT2D eigenvalue weighted by Crippen LogP contribution is -2.76. The second-order valence-corrected chi connectivity index (χ2v) is 9.66.